The summed E-state index contributed by atoms with van der Waals surface area (Å²) in [5.41, 5.74) is -0.111. The van der Waals surface area contributed by atoms with Crippen molar-refractivity contribution in [2.75, 3.05) is 32.8 Å². The number of aliphatic hydroxyl groups is 1. The Balaban J connectivity index is 2.36. The van der Waals surface area contributed by atoms with Crippen molar-refractivity contribution in [2.45, 2.75) is 65.3 Å². The highest BCUT2D eigenvalue weighted by atomic mass is 16.3. The van der Waals surface area contributed by atoms with Crippen molar-refractivity contribution in [3.8, 4) is 0 Å². The van der Waals surface area contributed by atoms with Crippen LogP contribution in [0.1, 0.15) is 59.8 Å². The van der Waals surface area contributed by atoms with Gasteiger partial charge in [-0.25, -0.2) is 0 Å². The first kappa shape index (κ1) is 17.9. The summed E-state index contributed by atoms with van der Waals surface area (Å²) in [6.45, 7) is 13.8. The van der Waals surface area contributed by atoms with Gasteiger partial charge in [-0.05, 0) is 77.0 Å². The van der Waals surface area contributed by atoms with E-state index in [1.807, 2.05) is 0 Å². The molecule has 0 aliphatic carbocycles. The zero-order valence-corrected chi connectivity index (χ0v) is 14.1. The van der Waals surface area contributed by atoms with Gasteiger partial charge in [0, 0.05) is 5.54 Å². The van der Waals surface area contributed by atoms with Crippen molar-refractivity contribution in [2.24, 2.45) is 11.8 Å². The quantitative estimate of drug-likeness (QED) is 0.719. The number of rotatable bonds is 8. The van der Waals surface area contributed by atoms with Gasteiger partial charge in [0.25, 0.3) is 0 Å². The molecule has 0 saturated carbocycles. The fraction of sp³-hybridized carbons (Fsp3) is 1.00. The molecule has 1 saturated heterocycles. The lowest BCUT2D eigenvalue weighted by atomic mass is 9.89. The Labute approximate surface area is 126 Å². The second-order valence-electron chi connectivity index (χ2n) is 7.17. The van der Waals surface area contributed by atoms with Gasteiger partial charge in [0.15, 0.2) is 0 Å². The Morgan fingerprint density at radius 3 is 2.65 bits per heavy atom. The molecule has 3 heteroatoms. The van der Waals surface area contributed by atoms with Gasteiger partial charge in [0.2, 0.25) is 0 Å². The summed E-state index contributed by atoms with van der Waals surface area (Å²) in [7, 11) is 0. The number of nitrogens with zero attached hydrogens (tertiary/aromatic N) is 1. The number of hydrogen-bond donors (Lipinski definition) is 2. The van der Waals surface area contributed by atoms with E-state index in [2.05, 4.69) is 37.9 Å². The van der Waals surface area contributed by atoms with Crippen molar-refractivity contribution >= 4 is 0 Å². The molecule has 1 rings (SSSR count). The smallest absolute Gasteiger partial charge is 0.0611 e. The highest BCUT2D eigenvalue weighted by Gasteiger charge is 2.24. The lowest BCUT2D eigenvalue weighted by molar-refractivity contribution is 0.145. The van der Waals surface area contributed by atoms with Gasteiger partial charge in [-0.2, -0.15) is 0 Å². The molecule has 0 aromatic carbocycles. The van der Waals surface area contributed by atoms with Crippen LogP contribution in [-0.2, 0) is 0 Å². The Hall–Kier alpha value is -0.120. The molecule has 0 spiro atoms. The van der Waals surface area contributed by atoms with Crippen LogP contribution < -0.4 is 5.32 Å². The maximum atomic E-state index is 9.63. The monoisotopic (exact) mass is 284 g/mol. The maximum absolute atomic E-state index is 9.63. The summed E-state index contributed by atoms with van der Waals surface area (Å²) >= 11 is 0. The fourth-order valence-electron chi connectivity index (χ4n) is 3.13. The Morgan fingerprint density at radius 2 is 2.05 bits per heavy atom. The Morgan fingerprint density at radius 1 is 1.30 bits per heavy atom. The van der Waals surface area contributed by atoms with E-state index >= 15 is 0 Å². The zero-order chi connectivity index (χ0) is 15.0. The molecule has 1 aliphatic heterocycles. The van der Waals surface area contributed by atoms with Crippen LogP contribution in [0.2, 0.25) is 0 Å². The first-order chi connectivity index (χ1) is 9.50. The van der Waals surface area contributed by atoms with E-state index in [1.54, 1.807) is 0 Å². The van der Waals surface area contributed by atoms with Gasteiger partial charge >= 0.3 is 0 Å². The topological polar surface area (TPSA) is 35.5 Å². The molecule has 0 bridgehead atoms. The van der Waals surface area contributed by atoms with Crippen LogP contribution in [-0.4, -0.2) is 48.3 Å². The first-order valence-corrected chi connectivity index (χ1v) is 8.59. The molecule has 1 aliphatic rings. The van der Waals surface area contributed by atoms with Crippen LogP contribution in [0.4, 0.5) is 0 Å². The molecule has 1 heterocycles. The first-order valence-electron chi connectivity index (χ1n) is 8.59. The molecular formula is C17H36N2O. The molecule has 2 atom stereocenters. The number of hydrogen-bond acceptors (Lipinski definition) is 3. The van der Waals surface area contributed by atoms with Crippen LogP contribution >= 0.6 is 0 Å². The van der Waals surface area contributed by atoms with E-state index in [0.717, 1.165) is 37.8 Å². The average molecular weight is 284 g/mol. The van der Waals surface area contributed by atoms with Crippen molar-refractivity contribution in [1.29, 1.82) is 0 Å². The van der Waals surface area contributed by atoms with Crippen LogP contribution in [0.15, 0.2) is 0 Å². The molecule has 1 fully saturated rings. The molecule has 0 aromatic rings. The SMILES string of the molecule is CCCNC(C)(CO)CCN1CCCC(C(C)C)CC1. The van der Waals surface area contributed by atoms with E-state index < -0.39 is 0 Å². The molecule has 0 aromatic heterocycles. The second kappa shape index (κ2) is 9.01. The van der Waals surface area contributed by atoms with Gasteiger partial charge in [-0.15, -0.1) is 0 Å². The summed E-state index contributed by atoms with van der Waals surface area (Å²) in [4.78, 5) is 2.60. The molecule has 2 unspecified atom stereocenters. The average Bonchev–Trinajstić information content (AvgIpc) is 2.68. The summed E-state index contributed by atoms with van der Waals surface area (Å²) in [6, 6.07) is 0. The van der Waals surface area contributed by atoms with E-state index in [0.29, 0.717) is 0 Å². The summed E-state index contributed by atoms with van der Waals surface area (Å²) < 4.78 is 0. The number of likely N-dealkylation sites (tertiary alicyclic amines) is 1. The minimum atomic E-state index is -0.111. The standard InChI is InChI=1S/C17H36N2O/c1-5-10-18-17(4,14-20)9-13-19-11-6-7-16(8-12-19)15(2)3/h15-16,18,20H,5-14H2,1-4H3. The van der Waals surface area contributed by atoms with Gasteiger partial charge in [-0.1, -0.05) is 20.8 Å². The van der Waals surface area contributed by atoms with Crippen LogP contribution in [0.5, 0.6) is 0 Å². The number of aliphatic hydroxyl groups excluding tert-OH is 1. The van der Waals surface area contributed by atoms with E-state index in [4.69, 9.17) is 0 Å². The number of nitrogens with one attached hydrogen (secondary N) is 1. The van der Waals surface area contributed by atoms with E-state index in [1.165, 1.54) is 32.4 Å². The normalized spacial score (nSPS) is 24.6. The summed E-state index contributed by atoms with van der Waals surface area (Å²) in [5, 5.41) is 13.1. The molecule has 2 N–H and O–H groups in total. The van der Waals surface area contributed by atoms with Crippen LogP contribution in [0.3, 0.4) is 0 Å². The molecule has 3 nitrogen and oxygen atoms in total. The summed E-state index contributed by atoms with van der Waals surface area (Å²) in [5.74, 6) is 1.73. The fourth-order valence-corrected chi connectivity index (χ4v) is 3.13. The van der Waals surface area contributed by atoms with Crippen molar-refractivity contribution in [3.05, 3.63) is 0 Å². The van der Waals surface area contributed by atoms with Gasteiger partial charge < -0.3 is 15.3 Å². The van der Waals surface area contributed by atoms with Gasteiger partial charge in [0.1, 0.15) is 0 Å². The Kier molecular flexibility index (Phi) is 8.08. The Bertz CT molecular complexity index is 257. The molecular weight excluding hydrogens is 248 g/mol. The van der Waals surface area contributed by atoms with Crippen molar-refractivity contribution < 1.29 is 5.11 Å². The molecule has 0 radical (unpaired) electrons. The third-order valence-corrected chi connectivity index (χ3v) is 4.94. The minimum absolute atomic E-state index is 0.111. The lowest BCUT2D eigenvalue weighted by Crippen LogP contribution is -2.48. The highest BCUT2D eigenvalue weighted by molar-refractivity contribution is 4.84. The molecule has 0 amide bonds. The van der Waals surface area contributed by atoms with E-state index in [-0.39, 0.29) is 12.1 Å². The maximum Gasteiger partial charge on any atom is 0.0611 e. The predicted octanol–water partition coefficient (Wildman–Crippen LogP) is 2.89. The minimum Gasteiger partial charge on any atom is -0.394 e. The van der Waals surface area contributed by atoms with E-state index in [9.17, 15) is 5.11 Å². The van der Waals surface area contributed by atoms with Crippen LogP contribution in [0, 0.1) is 11.8 Å². The molecule has 20 heavy (non-hydrogen) atoms. The van der Waals surface area contributed by atoms with Crippen molar-refractivity contribution in [1.82, 2.24) is 10.2 Å². The van der Waals surface area contributed by atoms with Crippen LogP contribution in [0.25, 0.3) is 0 Å². The zero-order valence-electron chi connectivity index (χ0n) is 14.1. The van der Waals surface area contributed by atoms with Gasteiger partial charge in [0.05, 0.1) is 6.61 Å². The third-order valence-electron chi connectivity index (χ3n) is 4.94. The molecule has 120 valence electrons. The third kappa shape index (κ3) is 6.11. The predicted molar refractivity (Wildman–Crippen MR) is 87.0 cm³/mol. The van der Waals surface area contributed by atoms with Gasteiger partial charge in [-0.3, -0.25) is 0 Å². The summed E-state index contributed by atoms with van der Waals surface area (Å²) in [6.07, 6.45) is 6.22. The van der Waals surface area contributed by atoms with Crippen molar-refractivity contribution in [3.63, 3.8) is 0 Å². The highest BCUT2D eigenvalue weighted by Crippen LogP contribution is 2.25. The largest absolute Gasteiger partial charge is 0.394 e. The lowest BCUT2D eigenvalue weighted by Gasteiger charge is -2.32. The second-order valence-corrected chi connectivity index (χ2v) is 7.17.